The van der Waals surface area contributed by atoms with E-state index in [1.807, 2.05) is 11.7 Å². The van der Waals surface area contributed by atoms with Crippen molar-refractivity contribution in [1.82, 2.24) is 15.1 Å². The molecule has 1 saturated heterocycles. The standard InChI is InChI=1S/C15H28N4/c1-6-13-9-16-15(7-2,8-3)11-19(13)14-10-18(5)17-12(14)4/h10,13,16H,6-9,11H2,1-5H3. The second-order valence-corrected chi connectivity index (χ2v) is 5.83. The number of nitrogens with zero attached hydrogens (tertiary/aromatic N) is 3. The minimum atomic E-state index is 0.258. The number of nitrogens with one attached hydrogen (secondary N) is 1. The Morgan fingerprint density at radius 3 is 2.53 bits per heavy atom. The van der Waals surface area contributed by atoms with Gasteiger partial charge in [0.05, 0.1) is 11.4 Å². The van der Waals surface area contributed by atoms with Crippen LogP contribution in [0.25, 0.3) is 0 Å². The zero-order chi connectivity index (χ0) is 14.0. The highest BCUT2D eigenvalue weighted by molar-refractivity contribution is 5.51. The summed E-state index contributed by atoms with van der Waals surface area (Å²) in [5.41, 5.74) is 2.71. The number of aryl methyl sites for hydroxylation is 2. The van der Waals surface area contributed by atoms with Crippen LogP contribution < -0.4 is 10.2 Å². The van der Waals surface area contributed by atoms with E-state index >= 15 is 0 Å². The monoisotopic (exact) mass is 264 g/mol. The number of hydrogen-bond acceptors (Lipinski definition) is 3. The topological polar surface area (TPSA) is 33.1 Å². The van der Waals surface area contributed by atoms with Gasteiger partial charge in [0.25, 0.3) is 0 Å². The molecule has 0 aromatic carbocycles. The van der Waals surface area contributed by atoms with Gasteiger partial charge >= 0.3 is 0 Å². The molecule has 2 rings (SSSR count). The molecule has 19 heavy (non-hydrogen) atoms. The van der Waals surface area contributed by atoms with Crippen molar-refractivity contribution < 1.29 is 0 Å². The molecule has 1 atom stereocenters. The lowest BCUT2D eigenvalue weighted by atomic mass is 9.88. The van der Waals surface area contributed by atoms with E-state index in [4.69, 9.17) is 0 Å². The van der Waals surface area contributed by atoms with E-state index in [0.29, 0.717) is 6.04 Å². The Hall–Kier alpha value is -1.03. The quantitative estimate of drug-likeness (QED) is 0.907. The Labute approximate surface area is 117 Å². The number of rotatable bonds is 4. The van der Waals surface area contributed by atoms with Crippen LogP contribution in [0.15, 0.2) is 6.20 Å². The van der Waals surface area contributed by atoms with Gasteiger partial charge < -0.3 is 10.2 Å². The van der Waals surface area contributed by atoms with Crippen molar-refractivity contribution in [2.75, 3.05) is 18.0 Å². The summed E-state index contributed by atoms with van der Waals surface area (Å²) in [6.45, 7) is 11.1. The first-order chi connectivity index (χ1) is 9.05. The highest BCUT2D eigenvalue weighted by Gasteiger charge is 2.37. The summed E-state index contributed by atoms with van der Waals surface area (Å²) in [7, 11) is 2.01. The van der Waals surface area contributed by atoms with Crippen LogP contribution in [0.1, 0.15) is 45.7 Å². The maximum absolute atomic E-state index is 4.51. The molecule has 108 valence electrons. The molecular weight excluding hydrogens is 236 g/mol. The van der Waals surface area contributed by atoms with Crippen molar-refractivity contribution in [3.05, 3.63) is 11.9 Å². The van der Waals surface area contributed by atoms with Crippen molar-refractivity contribution >= 4 is 5.69 Å². The van der Waals surface area contributed by atoms with E-state index in [1.165, 1.54) is 24.9 Å². The summed E-state index contributed by atoms with van der Waals surface area (Å²) < 4.78 is 1.93. The molecule has 0 aliphatic carbocycles. The molecule has 0 radical (unpaired) electrons. The van der Waals surface area contributed by atoms with Gasteiger partial charge in [0, 0.05) is 37.9 Å². The first-order valence-corrected chi connectivity index (χ1v) is 7.57. The number of piperazine rings is 1. The van der Waals surface area contributed by atoms with Gasteiger partial charge in [0.1, 0.15) is 0 Å². The second kappa shape index (κ2) is 5.53. The zero-order valence-electron chi connectivity index (χ0n) is 13.0. The predicted octanol–water partition coefficient (Wildman–Crippen LogP) is 2.48. The molecule has 1 unspecified atom stereocenters. The summed E-state index contributed by atoms with van der Waals surface area (Å²) in [5.74, 6) is 0. The van der Waals surface area contributed by atoms with E-state index < -0.39 is 0 Å². The van der Waals surface area contributed by atoms with Gasteiger partial charge in [-0.25, -0.2) is 0 Å². The lowest BCUT2D eigenvalue weighted by molar-refractivity contribution is 0.246. The highest BCUT2D eigenvalue weighted by Crippen LogP contribution is 2.30. The van der Waals surface area contributed by atoms with Crippen molar-refractivity contribution in [3.8, 4) is 0 Å². The van der Waals surface area contributed by atoms with Gasteiger partial charge in [-0.1, -0.05) is 20.8 Å². The minimum Gasteiger partial charge on any atom is -0.363 e. The molecule has 2 heterocycles. The van der Waals surface area contributed by atoms with Crippen molar-refractivity contribution in [3.63, 3.8) is 0 Å². The van der Waals surface area contributed by atoms with Crippen molar-refractivity contribution in [2.24, 2.45) is 7.05 Å². The van der Waals surface area contributed by atoms with Crippen LogP contribution in [-0.2, 0) is 7.05 Å². The van der Waals surface area contributed by atoms with E-state index in [0.717, 1.165) is 18.8 Å². The average Bonchev–Trinajstić information content (AvgIpc) is 2.77. The molecule has 4 nitrogen and oxygen atoms in total. The summed E-state index contributed by atoms with van der Waals surface area (Å²) in [6, 6.07) is 0.578. The van der Waals surface area contributed by atoms with Gasteiger partial charge in [-0.3, -0.25) is 4.68 Å². The largest absolute Gasteiger partial charge is 0.363 e. The first-order valence-electron chi connectivity index (χ1n) is 7.57. The van der Waals surface area contributed by atoms with Gasteiger partial charge in [0.15, 0.2) is 0 Å². The van der Waals surface area contributed by atoms with E-state index in [2.05, 4.69) is 49.2 Å². The van der Waals surface area contributed by atoms with Crippen LogP contribution in [0.3, 0.4) is 0 Å². The van der Waals surface area contributed by atoms with E-state index in [-0.39, 0.29) is 5.54 Å². The van der Waals surface area contributed by atoms with E-state index in [1.54, 1.807) is 0 Å². The Morgan fingerprint density at radius 1 is 1.37 bits per heavy atom. The maximum Gasteiger partial charge on any atom is 0.0827 e. The summed E-state index contributed by atoms with van der Waals surface area (Å²) in [5, 5.41) is 8.30. The Kier molecular flexibility index (Phi) is 4.19. The molecule has 1 aromatic heterocycles. The lowest BCUT2D eigenvalue weighted by Gasteiger charge is -2.48. The minimum absolute atomic E-state index is 0.258. The summed E-state index contributed by atoms with van der Waals surface area (Å²) in [6.07, 6.45) is 5.69. The second-order valence-electron chi connectivity index (χ2n) is 5.83. The van der Waals surface area contributed by atoms with Crippen LogP contribution in [0.4, 0.5) is 5.69 Å². The fourth-order valence-electron chi connectivity index (χ4n) is 3.19. The maximum atomic E-state index is 4.51. The molecule has 1 aromatic rings. The normalized spacial score (nSPS) is 22.8. The van der Waals surface area contributed by atoms with Crippen molar-refractivity contribution in [2.45, 2.75) is 58.5 Å². The third-order valence-electron chi connectivity index (χ3n) is 4.75. The Bertz CT molecular complexity index is 420. The molecule has 1 aliphatic heterocycles. The van der Waals surface area contributed by atoms with Gasteiger partial charge in [-0.15, -0.1) is 0 Å². The van der Waals surface area contributed by atoms with Gasteiger partial charge in [0.2, 0.25) is 0 Å². The molecule has 0 saturated carbocycles. The number of anilines is 1. The highest BCUT2D eigenvalue weighted by atomic mass is 15.3. The zero-order valence-corrected chi connectivity index (χ0v) is 13.0. The third-order valence-corrected chi connectivity index (χ3v) is 4.75. The van der Waals surface area contributed by atoms with Crippen LogP contribution in [0.2, 0.25) is 0 Å². The smallest absolute Gasteiger partial charge is 0.0827 e. The first kappa shape index (κ1) is 14.4. The summed E-state index contributed by atoms with van der Waals surface area (Å²) >= 11 is 0. The molecule has 4 heteroatoms. The molecule has 0 bridgehead atoms. The van der Waals surface area contributed by atoms with Crippen LogP contribution in [0.5, 0.6) is 0 Å². The Balaban J connectivity index is 2.30. The molecule has 0 spiro atoms. The lowest BCUT2D eigenvalue weighted by Crippen LogP contribution is -2.64. The van der Waals surface area contributed by atoms with Crippen molar-refractivity contribution in [1.29, 1.82) is 0 Å². The third kappa shape index (κ3) is 2.64. The molecular formula is C15H28N4. The van der Waals surface area contributed by atoms with Crippen LogP contribution in [0, 0.1) is 6.92 Å². The summed E-state index contributed by atoms with van der Waals surface area (Å²) in [4.78, 5) is 2.58. The van der Waals surface area contributed by atoms with Crippen LogP contribution in [-0.4, -0.2) is 34.5 Å². The SMILES string of the molecule is CCC1CNC(CC)(CC)CN1c1cn(C)nc1C. The molecule has 0 amide bonds. The fraction of sp³-hybridized carbons (Fsp3) is 0.800. The van der Waals surface area contributed by atoms with E-state index in [9.17, 15) is 0 Å². The van der Waals surface area contributed by atoms with Gasteiger partial charge in [-0.2, -0.15) is 5.10 Å². The fourth-order valence-corrected chi connectivity index (χ4v) is 3.19. The molecule has 1 aliphatic rings. The number of aromatic nitrogens is 2. The molecule has 1 N–H and O–H groups in total. The predicted molar refractivity (Wildman–Crippen MR) is 80.7 cm³/mol. The average molecular weight is 264 g/mol. The van der Waals surface area contributed by atoms with Crippen LogP contribution >= 0.6 is 0 Å². The molecule has 1 fully saturated rings. The Morgan fingerprint density at radius 2 is 2.05 bits per heavy atom. The van der Waals surface area contributed by atoms with Gasteiger partial charge in [-0.05, 0) is 26.2 Å². The number of hydrogen-bond donors (Lipinski definition) is 1.